The van der Waals surface area contributed by atoms with Gasteiger partial charge in [0.1, 0.15) is 11.4 Å². The first-order valence-corrected chi connectivity index (χ1v) is 10.5. The molecular weight excluding hydrogens is 366 g/mol. The fourth-order valence-corrected chi connectivity index (χ4v) is 3.86. The van der Waals surface area contributed by atoms with E-state index in [4.69, 9.17) is 14.2 Å². The Morgan fingerprint density at radius 2 is 1.72 bits per heavy atom. The molecule has 156 valence electrons. The van der Waals surface area contributed by atoms with Gasteiger partial charge in [0.2, 0.25) is 0 Å². The second-order valence-electron chi connectivity index (χ2n) is 7.29. The van der Waals surface area contributed by atoms with Gasteiger partial charge in [-0.1, -0.05) is 32.0 Å². The summed E-state index contributed by atoms with van der Waals surface area (Å²) in [5, 5.41) is 3.22. The summed E-state index contributed by atoms with van der Waals surface area (Å²) in [6.45, 7) is 9.16. The SMILES string of the molecule is CCOc1ccc(C(=O)NC2CC(CC)(CC)Oc3ccccc32)cc1OCC. The monoisotopic (exact) mass is 397 g/mol. The number of para-hydroxylation sites is 1. The lowest BCUT2D eigenvalue weighted by Crippen LogP contribution is -2.44. The van der Waals surface area contributed by atoms with Gasteiger partial charge in [0.25, 0.3) is 5.91 Å². The smallest absolute Gasteiger partial charge is 0.251 e. The minimum absolute atomic E-state index is 0.102. The molecule has 5 heteroatoms. The van der Waals surface area contributed by atoms with Crippen molar-refractivity contribution in [2.45, 2.75) is 58.6 Å². The van der Waals surface area contributed by atoms with Crippen LogP contribution in [0.25, 0.3) is 0 Å². The number of carbonyl (C=O) groups excluding carboxylic acids is 1. The van der Waals surface area contributed by atoms with E-state index in [0.29, 0.717) is 30.3 Å². The zero-order valence-corrected chi connectivity index (χ0v) is 17.8. The predicted molar refractivity (Wildman–Crippen MR) is 114 cm³/mol. The van der Waals surface area contributed by atoms with Crippen LogP contribution in [0.1, 0.15) is 68.9 Å². The van der Waals surface area contributed by atoms with Crippen LogP contribution in [0.3, 0.4) is 0 Å². The maximum atomic E-state index is 13.1. The summed E-state index contributed by atoms with van der Waals surface area (Å²) in [7, 11) is 0. The number of carbonyl (C=O) groups is 1. The highest BCUT2D eigenvalue weighted by atomic mass is 16.5. The molecule has 0 saturated heterocycles. The molecule has 1 aliphatic rings. The van der Waals surface area contributed by atoms with E-state index in [1.807, 2.05) is 38.1 Å². The van der Waals surface area contributed by atoms with Crippen LogP contribution in [-0.4, -0.2) is 24.7 Å². The number of hydrogen-bond donors (Lipinski definition) is 1. The molecule has 0 fully saturated rings. The zero-order valence-electron chi connectivity index (χ0n) is 17.8. The van der Waals surface area contributed by atoms with E-state index in [1.54, 1.807) is 18.2 Å². The molecule has 1 aliphatic heterocycles. The molecule has 0 saturated carbocycles. The second kappa shape index (κ2) is 9.21. The Hall–Kier alpha value is -2.69. The summed E-state index contributed by atoms with van der Waals surface area (Å²) in [5.41, 5.74) is 1.32. The lowest BCUT2D eigenvalue weighted by molar-refractivity contribution is 0.0227. The topological polar surface area (TPSA) is 56.8 Å². The molecule has 29 heavy (non-hydrogen) atoms. The molecule has 1 heterocycles. The highest BCUT2D eigenvalue weighted by molar-refractivity contribution is 5.95. The first-order valence-electron chi connectivity index (χ1n) is 10.5. The average Bonchev–Trinajstić information content (AvgIpc) is 2.75. The molecule has 0 spiro atoms. The number of nitrogens with one attached hydrogen (secondary N) is 1. The molecule has 0 aromatic heterocycles. The third-order valence-corrected chi connectivity index (χ3v) is 5.60. The van der Waals surface area contributed by atoms with Crippen LogP contribution in [0.4, 0.5) is 0 Å². The van der Waals surface area contributed by atoms with E-state index in [1.165, 1.54) is 0 Å². The van der Waals surface area contributed by atoms with Gasteiger partial charge in [-0.15, -0.1) is 0 Å². The van der Waals surface area contributed by atoms with Crippen LogP contribution in [0.15, 0.2) is 42.5 Å². The van der Waals surface area contributed by atoms with Crippen molar-refractivity contribution in [3.8, 4) is 17.2 Å². The lowest BCUT2D eigenvalue weighted by atomic mass is 9.83. The summed E-state index contributed by atoms with van der Waals surface area (Å²) in [6.07, 6.45) is 2.53. The van der Waals surface area contributed by atoms with Crippen molar-refractivity contribution in [3.63, 3.8) is 0 Å². The quantitative estimate of drug-likeness (QED) is 0.657. The number of hydrogen-bond acceptors (Lipinski definition) is 4. The van der Waals surface area contributed by atoms with Gasteiger partial charge in [-0.3, -0.25) is 4.79 Å². The van der Waals surface area contributed by atoms with Crippen molar-refractivity contribution in [1.82, 2.24) is 5.32 Å². The van der Waals surface area contributed by atoms with E-state index in [0.717, 1.165) is 30.6 Å². The number of benzene rings is 2. The standard InChI is InChI=1S/C24H31NO4/c1-5-24(6-2)16-19(18-11-9-10-12-20(18)29-24)25-23(26)17-13-14-21(27-7-3)22(15-17)28-8-4/h9-15,19H,5-8,16H2,1-4H3,(H,25,26). The maximum absolute atomic E-state index is 13.1. The van der Waals surface area contributed by atoms with Crippen LogP contribution in [0.2, 0.25) is 0 Å². The summed E-state index contributed by atoms with van der Waals surface area (Å²) in [5.74, 6) is 1.97. The van der Waals surface area contributed by atoms with Crippen LogP contribution >= 0.6 is 0 Å². The van der Waals surface area contributed by atoms with Crippen molar-refractivity contribution < 1.29 is 19.0 Å². The van der Waals surface area contributed by atoms with Crippen molar-refractivity contribution >= 4 is 5.91 Å². The van der Waals surface area contributed by atoms with Crippen LogP contribution in [-0.2, 0) is 0 Å². The zero-order chi connectivity index (χ0) is 20.9. The average molecular weight is 398 g/mol. The third kappa shape index (κ3) is 4.50. The molecule has 5 nitrogen and oxygen atoms in total. The predicted octanol–water partition coefficient (Wildman–Crippen LogP) is 5.30. The van der Waals surface area contributed by atoms with Gasteiger partial charge in [0.05, 0.1) is 19.3 Å². The molecule has 0 bridgehead atoms. The Morgan fingerprint density at radius 3 is 2.41 bits per heavy atom. The Kier molecular flexibility index (Phi) is 6.68. The Labute approximate surface area is 173 Å². The molecule has 3 rings (SSSR count). The van der Waals surface area contributed by atoms with Crippen LogP contribution in [0.5, 0.6) is 17.2 Å². The van der Waals surface area contributed by atoms with Gasteiger partial charge in [0.15, 0.2) is 11.5 Å². The highest BCUT2D eigenvalue weighted by Gasteiger charge is 2.39. The normalized spacial score (nSPS) is 17.0. The molecular formula is C24H31NO4. The van der Waals surface area contributed by atoms with Gasteiger partial charge in [-0.25, -0.2) is 0 Å². The fourth-order valence-electron chi connectivity index (χ4n) is 3.86. The third-order valence-electron chi connectivity index (χ3n) is 5.60. The Balaban J connectivity index is 1.87. The first kappa shape index (κ1) is 21.0. The van der Waals surface area contributed by atoms with Gasteiger partial charge >= 0.3 is 0 Å². The molecule has 2 aromatic rings. The summed E-state index contributed by atoms with van der Waals surface area (Å²) >= 11 is 0. The number of rotatable bonds is 8. The molecule has 0 aliphatic carbocycles. The molecule has 1 atom stereocenters. The molecule has 1 amide bonds. The van der Waals surface area contributed by atoms with E-state index >= 15 is 0 Å². The molecule has 1 unspecified atom stereocenters. The molecule has 1 N–H and O–H groups in total. The molecule has 2 aromatic carbocycles. The summed E-state index contributed by atoms with van der Waals surface area (Å²) in [6, 6.07) is 13.2. The lowest BCUT2D eigenvalue weighted by Gasteiger charge is -2.41. The van der Waals surface area contributed by atoms with Gasteiger partial charge < -0.3 is 19.5 Å². The minimum Gasteiger partial charge on any atom is -0.490 e. The van der Waals surface area contributed by atoms with Crippen molar-refractivity contribution in [1.29, 1.82) is 0 Å². The van der Waals surface area contributed by atoms with E-state index < -0.39 is 0 Å². The molecule has 0 radical (unpaired) electrons. The largest absolute Gasteiger partial charge is 0.490 e. The van der Waals surface area contributed by atoms with E-state index in [2.05, 4.69) is 19.2 Å². The van der Waals surface area contributed by atoms with Gasteiger partial charge in [-0.2, -0.15) is 0 Å². The number of ether oxygens (including phenoxy) is 3. The number of amides is 1. The summed E-state index contributed by atoms with van der Waals surface area (Å²) < 4.78 is 17.6. The summed E-state index contributed by atoms with van der Waals surface area (Å²) in [4.78, 5) is 13.1. The number of fused-ring (bicyclic) bond motifs is 1. The highest BCUT2D eigenvalue weighted by Crippen LogP contribution is 2.42. The second-order valence-corrected chi connectivity index (χ2v) is 7.29. The van der Waals surface area contributed by atoms with Crippen molar-refractivity contribution in [2.24, 2.45) is 0 Å². The van der Waals surface area contributed by atoms with Crippen LogP contribution in [0, 0.1) is 0 Å². The first-order chi connectivity index (χ1) is 14.1. The fraction of sp³-hybridized carbons (Fsp3) is 0.458. The Morgan fingerprint density at radius 1 is 1.03 bits per heavy atom. The minimum atomic E-state index is -0.262. The Bertz CT molecular complexity index is 845. The van der Waals surface area contributed by atoms with Crippen molar-refractivity contribution in [2.75, 3.05) is 13.2 Å². The van der Waals surface area contributed by atoms with Gasteiger partial charge in [0, 0.05) is 17.5 Å². The van der Waals surface area contributed by atoms with E-state index in [9.17, 15) is 4.79 Å². The van der Waals surface area contributed by atoms with Crippen LogP contribution < -0.4 is 19.5 Å². The van der Waals surface area contributed by atoms with Crippen molar-refractivity contribution in [3.05, 3.63) is 53.6 Å². The van der Waals surface area contributed by atoms with Gasteiger partial charge in [-0.05, 0) is 51.0 Å². The maximum Gasteiger partial charge on any atom is 0.251 e. The van der Waals surface area contributed by atoms with E-state index in [-0.39, 0.29) is 17.6 Å².